The topological polar surface area (TPSA) is 213 Å². The van der Waals surface area contributed by atoms with Crippen LogP contribution in [0.3, 0.4) is 0 Å². The Bertz CT molecular complexity index is 1280. The van der Waals surface area contributed by atoms with Gasteiger partial charge in [0.05, 0.1) is 18.8 Å². The quantitative estimate of drug-likeness (QED) is 0.186. The number of rotatable bonds is 5. The van der Waals surface area contributed by atoms with E-state index in [2.05, 4.69) is 0 Å². The first-order chi connectivity index (χ1) is 18.5. The van der Waals surface area contributed by atoms with Crippen molar-refractivity contribution in [3.8, 4) is 11.5 Å². The Kier molecular flexibility index (Phi) is 7.45. The van der Waals surface area contributed by atoms with E-state index in [-0.39, 0.29) is 40.2 Å². The molecule has 5 rings (SSSR count). The molecule has 3 aliphatic rings. The second-order valence-corrected chi connectivity index (χ2v) is 9.69. The second kappa shape index (κ2) is 10.5. The summed E-state index contributed by atoms with van der Waals surface area (Å²) >= 11 is 0. The van der Waals surface area contributed by atoms with Crippen molar-refractivity contribution >= 4 is 11.6 Å². The number of hydrogen-bond acceptors (Lipinski definition) is 13. The Morgan fingerprint density at radius 2 is 1.49 bits per heavy atom. The second-order valence-electron chi connectivity index (χ2n) is 9.69. The van der Waals surface area contributed by atoms with Gasteiger partial charge in [0.1, 0.15) is 54.2 Å². The van der Waals surface area contributed by atoms with Gasteiger partial charge in [-0.05, 0) is 13.0 Å². The first-order valence-corrected chi connectivity index (χ1v) is 12.2. The Hall–Kier alpha value is -2.98. The van der Waals surface area contributed by atoms with E-state index in [0.29, 0.717) is 0 Å². The number of aromatic hydroxyl groups is 1. The van der Waals surface area contributed by atoms with Gasteiger partial charge in [0, 0.05) is 22.3 Å². The lowest BCUT2D eigenvalue weighted by Gasteiger charge is -2.41. The summed E-state index contributed by atoms with van der Waals surface area (Å²) in [5.41, 5.74) is 0.0577. The number of benzene rings is 2. The van der Waals surface area contributed by atoms with E-state index in [1.54, 1.807) is 12.1 Å². The van der Waals surface area contributed by atoms with Gasteiger partial charge in [0.25, 0.3) is 0 Å². The third-order valence-corrected chi connectivity index (χ3v) is 7.19. The number of carbonyl (C=O) groups is 2. The van der Waals surface area contributed by atoms with Gasteiger partial charge in [-0.25, -0.2) is 0 Å². The lowest BCUT2D eigenvalue weighted by Crippen LogP contribution is -2.61. The number of aliphatic hydroxyl groups excluding tert-OH is 6. The van der Waals surface area contributed by atoms with Crippen LogP contribution in [0.15, 0.2) is 30.3 Å². The summed E-state index contributed by atoms with van der Waals surface area (Å²) in [6.45, 7) is 0.607. The van der Waals surface area contributed by atoms with Crippen molar-refractivity contribution in [2.75, 3.05) is 13.2 Å². The fraction of sp³-hybridized carbons (Fsp3) is 0.462. The smallest absolute Gasteiger partial charge is 0.229 e. The third-order valence-electron chi connectivity index (χ3n) is 7.19. The molecule has 2 heterocycles. The van der Waals surface area contributed by atoms with E-state index in [1.165, 1.54) is 25.1 Å². The zero-order valence-corrected chi connectivity index (χ0v) is 20.6. The van der Waals surface area contributed by atoms with Crippen LogP contribution < -0.4 is 4.74 Å². The highest BCUT2D eigenvalue weighted by Crippen LogP contribution is 2.40. The molecule has 13 nitrogen and oxygen atoms in total. The summed E-state index contributed by atoms with van der Waals surface area (Å²) in [6, 6.07) is 7.41. The summed E-state index contributed by atoms with van der Waals surface area (Å²) < 4.78 is 21.9. The summed E-state index contributed by atoms with van der Waals surface area (Å²) in [4.78, 5) is 26.1. The molecule has 2 fully saturated rings. The van der Waals surface area contributed by atoms with Crippen LogP contribution in [0.2, 0.25) is 0 Å². The molecule has 0 bridgehead atoms. The number of ketones is 2. The molecule has 210 valence electrons. The highest BCUT2D eigenvalue weighted by atomic mass is 16.7. The summed E-state index contributed by atoms with van der Waals surface area (Å²) in [5.74, 6) is -1.68. The average Bonchev–Trinajstić information content (AvgIpc) is 2.93. The van der Waals surface area contributed by atoms with Crippen molar-refractivity contribution < 1.29 is 64.3 Å². The number of hydrogen-bond donors (Lipinski definition) is 7. The highest BCUT2D eigenvalue weighted by Gasteiger charge is 2.47. The third kappa shape index (κ3) is 4.71. The molecule has 0 amide bonds. The normalized spacial score (nSPS) is 34.4. The lowest BCUT2D eigenvalue weighted by atomic mass is 9.82. The Morgan fingerprint density at radius 1 is 0.846 bits per heavy atom. The zero-order valence-electron chi connectivity index (χ0n) is 20.6. The molecule has 0 spiro atoms. The van der Waals surface area contributed by atoms with E-state index in [4.69, 9.17) is 18.9 Å². The van der Waals surface area contributed by atoms with Gasteiger partial charge < -0.3 is 54.7 Å². The monoisotopic (exact) mass is 548 g/mol. The van der Waals surface area contributed by atoms with E-state index in [1.807, 2.05) is 0 Å². The molecule has 0 aromatic heterocycles. The average molecular weight is 548 g/mol. The summed E-state index contributed by atoms with van der Waals surface area (Å²) in [5, 5.41) is 71.6. The van der Waals surface area contributed by atoms with Crippen LogP contribution in [0.4, 0.5) is 0 Å². The minimum Gasteiger partial charge on any atom is -0.507 e. The zero-order chi connectivity index (χ0) is 28.2. The van der Waals surface area contributed by atoms with Crippen molar-refractivity contribution in [3.05, 3.63) is 58.1 Å². The first kappa shape index (κ1) is 27.6. The molecule has 2 saturated heterocycles. The predicted molar refractivity (Wildman–Crippen MR) is 127 cm³/mol. The van der Waals surface area contributed by atoms with Gasteiger partial charge in [-0.15, -0.1) is 0 Å². The summed E-state index contributed by atoms with van der Waals surface area (Å²) in [6.07, 6.45) is -14.0. The highest BCUT2D eigenvalue weighted by molar-refractivity contribution is 6.29. The number of aliphatic hydroxyl groups is 6. The maximum absolute atomic E-state index is 13.1. The van der Waals surface area contributed by atoms with Crippen LogP contribution >= 0.6 is 0 Å². The molecule has 2 aromatic carbocycles. The van der Waals surface area contributed by atoms with Crippen LogP contribution in [0.1, 0.15) is 37.4 Å². The molecule has 2 aliphatic heterocycles. The Labute approximate surface area is 221 Å². The molecule has 0 saturated carbocycles. The molecule has 0 radical (unpaired) electrons. The van der Waals surface area contributed by atoms with Crippen LogP contribution in [-0.2, 0) is 14.2 Å². The first-order valence-electron chi connectivity index (χ1n) is 12.2. The fourth-order valence-electron chi connectivity index (χ4n) is 4.83. The maximum Gasteiger partial charge on any atom is 0.229 e. The summed E-state index contributed by atoms with van der Waals surface area (Å²) in [7, 11) is 0. The molecule has 1 aliphatic carbocycles. The maximum atomic E-state index is 13.1. The lowest BCUT2D eigenvalue weighted by molar-refractivity contribution is -0.307. The van der Waals surface area contributed by atoms with Crippen LogP contribution in [0.5, 0.6) is 11.5 Å². The number of phenols is 1. The van der Waals surface area contributed by atoms with Gasteiger partial charge in [-0.3, -0.25) is 9.59 Å². The predicted octanol–water partition coefficient (Wildman–Crippen LogP) is -1.88. The molecular formula is C26H28O13. The SMILES string of the molecule is Cc1c(OC2OC(COC3OCC(O)C(O)C3O)C(O)C(O)C2O)cc2c(c1O)C(=O)c1ccccc1C2=O. The van der Waals surface area contributed by atoms with Crippen LogP contribution in [0.25, 0.3) is 0 Å². The number of ether oxygens (including phenoxy) is 4. The van der Waals surface area contributed by atoms with E-state index < -0.39 is 79.2 Å². The van der Waals surface area contributed by atoms with Crippen molar-refractivity contribution in [2.24, 2.45) is 0 Å². The molecule has 13 heteroatoms. The fourth-order valence-corrected chi connectivity index (χ4v) is 4.83. The van der Waals surface area contributed by atoms with E-state index in [0.717, 1.165) is 0 Å². The number of carbonyl (C=O) groups excluding carboxylic acids is 2. The molecule has 39 heavy (non-hydrogen) atoms. The molecule has 7 N–H and O–H groups in total. The van der Waals surface area contributed by atoms with Gasteiger partial charge in [0.15, 0.2) is 17.9 Å². The number of phenolic OH excluding ortho intramolecular Hbond substituents is 1. The molecule has 2 aromatic rings. The van der Waals surface area contributed by atoms with Crippen molar-refractivity contribution in [2.45, 2.75) is 62.2 Å². The van der Waals surface area contributed by atoms with Crippen molar-refractivity contribution in [3.63, 3.8) is 0 Å². The Balaban J connectivity index is 1.37. The minimum atomic E-state index is -1.78. The van der Waals surface area contributed by atoms with E-state index >= 15 is 0 Å². The van der Waals surface area contributed by atoms with E-state index in [9.17, 15) is 45.3 Å². The molecule has 9 unspecified atom stereocenters. The minimum absolute atomic E-state index is 0.0600. The number of fused-ring (bicyclic) bond motifs is 2. The van der Waals surface area contributed by atoms with Crippen molar-refractivity contribution in [1.82, 2.24) is 0 Å². The van der Waals surface area contributed by atoms with Gasteiger partial charge >= 0.3 is 0 Å². The van der Waals surface area contributed by atoms with Gasteiger partial charge in [-0.1, -0.05) is 24.3 Å². The standard InChI is InChI=1S/C26H28O13/c1-9-14(6-12-16(17(9)28)19(30)11-5-3-2-4-10(11)18(12)29)38-26-24(35)22(33)21(32)15(39-26)8-37-25-23(34)20(31)13(27)7-36-25/h2-6,13,15,20-28,31-35H,7-8H2,1H3. The van der Waals surface area contributed by atoms with Crippen LogP contribution in [-0.4, -0.2) is 116 Å². The molecule has 9 atom stereocenters. The van der Waals surface area contributed by atoms with Gasteiger partial charge in [0.2, 0.25) is 6.29 Å². The Morgan fingerprint density at radius 3 is 2.18 bits per heavy atom. The largest absolute Gasteiger partial charge is 0.507 e. The van der Waals surface area contributed by atoms with Gasteiger partial charge in [-0.2, -0.15) is 0 Å². The molecular weight excluding hydrogens is 520 g/mol. The van der Waals surface area contributed by atoms with Crippen LogP contribution in [0, 0.1) is 6.92 Å². The van der Waals surface area contributed by atoms with Crippen molar-refractivity contribution in [1.29, 1.82) is 0 Å².